The first-order valence-corrected chi connectivity index (χ1v) is 11.1. The van der Waals surface area contributed by atoms with E-state index in [0.717, 1.165) is 44.5 Å². The molecule has 0 saturated heterocycles. The van der Waals surface area contributed by atoms with Crippen LogP contribution in [0.15, 0.2) is 18.2 Å². The molecule has 2 aliphatic carbocycles. The smallest absolute Gasteiger partial charge is 0.141 e. The van der Waals surface area contributed by atoms with Gasteiger partial charge in [-0.05, 0) is 87.3 Å². The summed E-state index contributed by atoms with van der Waals surface area (Å²) in [6.45, 7) is 3.99. The minimum Gasteiger partial charge on any atom is -0.378 e. The Balaban J connectivity index is 1.34. The first kappa shape index (κ1) is 21.3. The molecule has 3 nitrogen and oxygen atoms in total. The molecule has 2 saturated carbocycles. The van der Waals surface area contributed by atoms with E-state index >= 15 is 0 Å². The third kappa shape index (κ3) is 6.03. The van der Waals surface area contributed by atoms with Crippen LogP contribution in [-0.4, -0.2) is 25.4 Å². The normalized spacial score (nSPS) is 28.0. The fourth-order valence-electron chi connectivity index (χ4n) is 4.57. The molecule has 4 heteroatoms. The summed E-state index contributed by atoms with van der Waals surface area (Å²) in [5, 5.41) is 8.87. The molecule has 0 aromatic heterocycles. The molecule has 0 radical (unpaired) electrons. The minimum absolute atomic E-state index is 0.131. The zero-order chi connectivity index (χ0) is 19.8. The van der Waals surface area contributed by atoms with Gasteiger partial charge in [0.05, 0.1) is 17.8 Å². The van der Waals surface area contributed by atoms with Gasteiger partial charge in [0.15, 0.2) is 0 Å². The Labute approximate surface area is 169 Å². The van der Waals surface area contributed by atoms with E-state index in [9.17, 15) is 4.39 Å². The molecule has 0 bridgehead atoms. The summed E-state index contributed by atoms with van der Waals surface area (Å²) >= 11 is 0. The second-order valence-corrected chi connectivity index (χ2v) is 8.53. The number of benzene rings is 1. The maximum absolute atomic E-state index is 13.9. The van der Waals surface area contributed by atoms with Gasteiger partial charge in [0.1, 0.15) is 11.9 Å². The average molecular weight is 388 g/mol. The van der Waals surface area contributed by atoms with E-state index in [1.165, 1.54) is 38.5 Å². The lowest BCUT2D eigenvalue weighted by Gasteiger charge is -2.32. The SMILES string of the molecule is CCCCOC1CCC(COC2CCC(c3ccc(C#N)c(F)c3)CC2)CC1. The Morgan fingerprint density at radius 1 is 1.00 bits per heavy atom. The molecule has 0 atom stereocenters. The van der Waals surface area contributed by atoms with E-state index in [1.54, 1.807) is 12.1 Å². The summed E-state index contributed by atoms with van der Waals surface area (Å²) in [5.41, 5.74) is 1.16. The van der Waals surface area contributed by atoms with Crippen LogP contribution in [0, 0.1) is 23.1 Å². The highest BCUT2D eigenvalue weighted by molar-refractivity contribution is 5.34. The van der Waals surface area contributed by atoms with Gasteiger partial charge < -0.3 is 9.47 Å². The molecule has 0 amide bonds. The summed E-state index contributed by atoms with van der Waals surface area (Å²) in [7, 11) is 0. The van der Waals surface area contributed by atoms with Gasteiger partial charge in [0, 0.05) is 13.2 Å². The molecule has 2 aliphatic rings. The third-order valence-electron chi connectivity index (χ3n) is 6.47. The van der Waals surface area contributed by atoms with E-state index in [1.807, 2.05) is 12.1 Å². The summed E-state index contributed by atoms with van der Waals surface area (Å²) in [6, 6.07) is 6.96. The van der Waals surface area contributed by atoms with Gasteiger partial charge in [-0.3, -0.25) is 0 Å². The van der Waals surface area contributed by atoms with E-state index in [0.29, 0.717) is 24.0 Å². The number of hydrogen-bond donors (Lipinski definition) is 0. The first-order valence-electron chi connectivity index (χ1n) is 11.1. The second kappa shape index (κ2) is 10.9. The maximum Gasteiger partial charge on any atom is 0.141 e. The number of halogens is 1. The van der Waals surface area contributed by atoms with Gasteiger partial charge in [-0.1, -0.05) is 19.4 Å². The van der Waals surface area contributed by atoms with Gasteiger partial charge in [0.2, 0.25) is 0 Å². The molecule has 28 heavy (non-hydrogen) atoms. The molecular weight excluding hydrogens is 353 g/mol. The number of hydrogen-bond acceptors (Lipinski definition) is 3. The van der Waals surface area contributed by atoms with Gasteiger partial charge in [-0.2, -0.15) is 5.26 Å². The van der Waals surface area contributed by atoms with Crippen LogP contribution in [0.2, 0.25) is 0 Å². The van der Waals surface area contributed by atoms with Crippen molar-refractivity contribution in [1.82, 2.24) is 0 Å². The van der Waals surface area contributed by atoms with Crippen molar-refractivity contribution in [3.8, 4) is 6.07 Å². The molecule has 0 N–H and O–H groups in total. The van der Waals surface area contributed by atoms with Crippen LogP contribution >= 0.6 is 0 Å². The van der Waals surface area contributed by atoms with Crippen LogP contribution in [0.4, 0.5) is 4.39 Å². The summed E-state index contributed by atoms with van der Waals surface area (Å²) < 4.78 is 26.1. The van der Waals surface area contributed by atoms with Crippen LogP contribution in [0.25, 0.3) is 0 Å². The topological polar surface area (TPSA) is 42.2 Å². The molecule has 0 spiro atoms. The largest absolute Gasteiger partial charge is 0.378 e. The molecule has 0 aliphatic heterocycles. The molecule has 1 aromatic rings. The van der Waals surface area contributed by atoms with E-state index in [4.69, 9.17) is 14.7 Å². The Bertz CT molecular complexity index is 640. The number of nitrogens with zero attached hydrogens (tertiary/aromatic N) is 1. The number of rotatable bonds is 8. The van der Waals surface area contributed by atoms with Crippen molar-refractivity contribution >= 4 is 0 Å². The predicted molar refractivity (Wildman–Crippen MR) is 109 cm³/mol. The van der Waals surface area contributed by atoms with Gasteiger partial charge in [-0.15, -0.1) is 0 Å². The fraction of sp³-hybridized carbons (Fsp3) is 0.708. The van der Waals surface area contributed by atoms with Crippen molar-refractivity contribution in [2.24, 2.45) is 5.92 Å². The van der Waals surface area contributed by atoms with Crippen LogP contribution < -0.4 is 0 Å². The summed E-state index contributed by atoms with van der Waals surface area (Å²) in [5.74, 6) is 0.668. The highest BCUT2D eigenvalue weighted by atomic mass is 19.1. The summed E-state index contributed by atoms with van der Waals surface area (Å²) in [4.78, 5) is 0. The lowest BCUT2D eigenvalue weighted by molar-refractivity contribution is -0.0255. The number of nitriles is 1. The van der Waals surface area contributed by atoms with Crippen molar-refractivity contribution in [1.29, 1.82) is 5.26 Å². The number of unbranched alkanes of at least 4 members (excludes halogenated alkanes) is 1. The van der Waals surface area contributed by atoms with Crippen LogP contribution in [0.5, 0.6) is 0 Å². The average Bonchev–Trinajstić information content (AvgIpc) is 2.74. The van der Waals surface area contributed by atoms with Crippen molar-refractivity contribution in [2.75, 3.05) is 13.2 Å². The molecule has 3 rings (SSSR count). The van der Waals surface area contributed by atoms with Crippen LogP contribution in [-0.2, 0) is 9.47 Å². The standard InChI is InChI=1S/C24H34FNO2/c1-2-3-14-27-22-10-4-18(5-11-22)17-28-23-12-8-19(9-13-23)20-6-7-21(16-26)24(25)15-20/h6-7,15,18-19,22-23H,2-5,8-14,17H2,1H3. The predicted octanol–water partition coefficient (Wildman–Crippen LogP) is 6.12. The van der Waals surface area contributed by atoms with E-state index in [-0.39, 0.29) is 5.56 Å². The fourth-order valence-corrected chi connectivity index (χ4v) is 4.57. The Kier molecular flexibility index (Phi) is 8.30. The first-order chi connectivity index (χ1) is 13.7. The molecular formula is C24H34FNO2. The third-order valence-corrected chi connectivity index (χ3v) is 6.47. The van der Waals surface area contributed by atoms with Gasteiger partial charge >= 0.3 is 0 Å². The minimum atomic E-state index is -0.396. The van der Waals surface area contributed by atoms with Crippen molar-refractivity contribution in [3.63, 3.8) is 0 Å². The number of ether oxygens (including phenoxy) is 2. The van der Waals surface area contributed by atoms with E-state index in [2.05, 4.69) is 6.92 Å². The van der Waals surface area contributed by atoms with Crippen LogP contribution in [0.1, 0.15) is 88.2 Å². The zero-order valence-electron chi connectivity index (χ0n) is 17.2. The highest BCUT2D eigenvalue weighted by Crippen LogP contribution is 2.35. The molecule has 2 fully saturated rings. The Morgan fingerprint density at radius 2 is 1.68 bits per heavy atom. The second-order valence-electron chi connectivity index (χ2n) is 8.53. The van der Waals surface area contributed by atoms with Crippen molar-refractivity contribution in [2.45, 2.75) is 89.3 Å². The molecule has 0 unspecified atom stereocenters. The highest BCUT2D eigenvalue weighted by Gasteiger charge is 2.26. The molecule has 154 valence electrons. The van der Waals surface area contributed by atoms with Crippen LogP contribution in [0.3, 0.4) is 0 Å². The molecule has 1 aromatic carbocycles. The lowest BCUT2D eigenvalue weighted by atomic mass is 9.82. The quantitative estimate of drug-likeness (QED) is 0.505. The van der Waals surface area contributed by atoms with E-state index < -0.39 is 5.82 Å². The zero-order valence-corrected chi connectivity index (χ0v) is 17.2. The maximum atomic E-state index is 13.9. The molecule has 0 heterocycles. The van der Waals surface area contributed by atoms with Crippen molar-refractivity contribution in [3.05, 3.63) is 35.1 Å². The van der Waals surface area contributed by atoms with Gasteiger partial charge in [-0.25, -0.2) is 4.39 Å². The van der Waals surface area contributed by atoms with Crippen molar-refractivity contribution < 1.29 is 13.9 Å². The Morgan fingerprint density at radius 3 is 2.32 bits per heavy atom. The lowest BCUT2D eigenvalue weighted by Crippen LogP contribution is -2.27. The Hall–Kier alpha value is -1.44. The van der Waals surface area contributed by atoms with Gasteiger partial charge in [0.25, 0.3) is 0 Å². The summed E-state index contributed by atoms with van der Waals surface area (Å²) in [6.07, 6.45) is 12.1. The monoisotopic (exact) mass is 387 g/mol.